The number of ether oxygens (including phenoxy) is 2. The summed E-state index contributed by atoms with van der Waals surface area (Å²) in [7, 11) is 0. The largest absolute Gasteiger partial charge is 0.493 e. The van der Waals surface area contributed by atoms with Gasteiger partial charge in [-0.2, -0.15) is 0 Å². The van der Waals surface area contributed by atoms with E-state index in [0.29, 0.717) is 13.2 Å². The smallest absolute Gasteiger partial charge is 0.120 e. The molecule has 164 valence electrons. The van der Waals surface area contributed by atoms with Gasteiger partial charge in [0.1, 0.15) is 11.5 Å². The van der Waals surface area contributed by atoms with E-state index in [1.54, 1.807) is 0 Å². The third-order valence-corrected chi connectivity index (χ3v) is 5.73. The molecule has 4 nitrogen and oxygen atoms in total. The van der Waals surface area contributed by atoms with Crippen LogP contribution < -0.4 is 20.1 Å². The highest BCUT2D eigenvalue weighted by Gasteiger charge is 2.23. The summed E-state index contributed by atoms with van der Waals surface area (Å²) in [6.07, 6.45) is 5.35. The molecule has 4 rings (SSSR count). The highest BCUT2D eigenvalue weighted by molar-refractivity contribution is 5.81. The van der Waals surface area contributed by atoms with Crippen LogP contribution in [0.15, 0.2) is 48.6 Å². The Labute approximate surface area is 186 Å². The first-order valence-corrected chi connectivity index (χ1v) is 11.1. The van der Waals surface area contributed by atoms with Crippen LogP contribution in [0.25, 0.3) is 11.1 Å². The molecule has 0 amide bonds. The topological polar surface area (TPSA) is 42.5 Å². The van der Waals surface area contributed by atoms with Crippen LogP contribution in [0, 0.1) is 0 Å². The van der Waals surface area contributed by atoms with Crippen LogP contribution in [-0.2, 0) is 0 Å². The van der Waals surface area contributed by atoms with Crippen molar-refractivity contribution < 1.29 is 9.47 Å². The maximum atomic E-state index is 5.99. The second-order valence-electron chi connectivity index (χ2n) is 9.81. The van der Waals surface area contributed by atoms with Crippen molar-refractivity contribution in [3.63, 3.8) is 0 Å². The van der Waals surface area contributed by atoms with E-state index in [1.165, 1.54) is 22.3 Å². The summed E-state index contributed by atoms with van der Waals surface area (Å²) >= 11 is 0. The van der Waals surface area contributed by atoms with Crippen molar-refractivity contribution in [1.82, 2.24) is 0 Å². The maximum absolute atomic E-state index is 5.99. The zero-order chi connectivity index (χ0) is 22.2. The second-order valence-corrected chi connectivity index (χ2v) is 9.81. The van der Waals surface area contributed by atoms with Crippen molar-refractivity contribution in [3.05, 3.63) is 59.7 Å². The van der Waals surface area contributed by atoms with Crippen molar-refractivity contribution in [2.24, 2.45) is 0 Å². The van der Waals surface area contributed by atoms with E-state index in [-0.39, 0.29) is 11.1 Å². The molecule has 0 bridgehead atoms. The number of benzene rings is 2. The molecule has 0 saturated carbocycles. The fourth-order valence-electron chi connectivity index (χ4n) is 4.54. The normalized spacial score (nSPS) is 17.9. The third-order valence-electron chi connectivity index (χ3n) is 5.73. The highest BCUT2D eigenvalue weighted by Crippen LogP contribution is 2.37. The molecular formula is C27H34N2O2. The summed E-state index contributed by atoms with van der Waals surface area (Å²) in [4.78, 5) is 0. The molecule has 0 unspecified atom stereocenters. The zero-order valence-corrected chi connectivity index (χ0v) is 19.6. The third kappa shape index (κ3) is 4.90. The van der Waals surface area contributed by atoms with Gasteiger partial charge < -0.3 is 20.1 Å². The van der Waals surface area contributed by atoms with Crippen LogP contribution >= 0.6 is 0 Å². The van der Waals surface area contributed by atoms with Crippen LogP contribution in [0.3, 0.4) is 0 Å². The fourth-order valence-corrected chi connectivity index (χ4v) is 4.54. The van der Waals surface area contributed by atoms with Crippen molar-refractivity contribution in [1.29, 1.82) is 0 Å². The molecule has 0 aliphatic carbocycles. The molecule has 2 N–H and O–H groups in total. The minimum absolute atomic E-state index is 0.0198. The Morgan fingerprint density at radius 1 is 0.677 bits per heavy atom. The van der Waals surface area contributed by atoms with Crippen LogP contribution in [0.5, 0.6) is 11.5 Å². The molecule has 0 saturated heterocycles. The number of hydrogen-bond donors (Lipinski definition) is 2. The van der Waals surface area contributed by atoms with Crippen LogP contribution in [0.4, 0.5) is 11.4 Å². The lowest BCUT2D eigenvalue weighted by atomic mass is 9.91. The Bertz CT molecular complexity index is 964. The number of hydrogen-bond acceptors (Lipinski definition) is 4. The molecule has 2 heterocycles. The van der Waals surface area contributed by atoms with Crippen LogP contribution in [0.2, 0.25) is 0 Å². The molecule has 0 atom stereocenters. The first kappa shape index (κ1) is 21.4. The molecule has 4 heteroatoms. The number of anilines is 2. The van der Waals surface area contributed by atoms with Gasteiger partial charge in [-0.15, -0.1) is 0 Å². The Morgan fingerprint density at radius 3 is 1.52 bits per heavy atom. The molecule has 31 heavy (non-hydrogen) atoms. The van der Waals surface area contributed by atoms with Gasteiger partial charge in [-0.1, -0.05) is 12.2 Å². The van der Waals surface area contributed by atoms with Crippen molar-refractivity contribution >= 4 is 22.5 Å². The fraction of sp³-hybridized carbons (Fsp3) is 0.407. The van der Waals surface area contributed by atoms with Gasteiger partial charge in [0.2, 0.25) is 0 Å². The molecule has 0 spiro atoms. The van der Waals surface area contributed by atoms with Crippen molar-refractivity contribution in [3.8, 4) is 11.5 Å². The number of nitrogens with one attached hydrogen (secondary N) is 2. The van der Waals surface area contributed by atoms with Gasteiger partial charge in [-0.05, 0) is 89.1 Å². The van der Waals surface area contributed by atoms with E-state index in [2.05, 4.69) is 88.6 Å². The van der Waals surface area contributed by atoms with Crippen LogP contribution in [0.1, 0.15) is 59.1 Å². The number of rotatable bonds is 6. The monoisotopic (exact) mass is 418 g/mol. The van der Waals surface area contributed by atoms with Gasteiger partial charge in [0.15, 0.2) is 0 Å². The summed E-state index contributed by atoms with van der Waals surface area (Å²) in [6, 6.07) is 12.5. The quantitative estimate of drug-likeness (QED) is 0.509. The zero-order valence-electron chi connectivity index (χ0n) is 19.6. The van der Waals surface area contributed by atoms with Gasteiger partial charge in [0.25, 0.3) is 0 Å². The van der Waals surface area contributed by atoms with E-state index in [0.717, 1.165) is 29.3 Å². The maximum Gasteiger partial charge on any atom is 0.120 e. The number of fused-ring (bicyclic) bond motifs is 2. The van der Waals surface area contributed by atoms with Gasteiger partial charge in [-0.25, -0.2) is 0 Å². The molecule has 0 aromatic heterocycles. The van der Waals surface area contributed by atoms with E-state index in [4.69, 9.17) is 9.47 Å². The van der Waals surface area contributed by atoms with Gasteiger partial charge in [0.05, 0.1) is 24.3 Å². The van der Waals surface area contributed by atoms with Crippen molar-refractivity contribution in [2.75, 3.05) is 23.8 Å². The van der Waals surface area contributed by atoms with E-state index in [9.17, 15) is 0 Å². The summed E-state index contributed by atoms with van der Waals surface area (Å²) in [5.74, 6) is 1.80. The Balaban J connectivity index is 1.29. The van der Waals surface area contributed by atoms with Gasteiger partial charge in [0, 0.05) is 28.9 Å². The molecule has 0 radical (unpaired) electrons. The standard InChI is InChI=1S/C27H34N2O2/c1-18-16-26(3,4)28-24-10-8-20(14-22(18)24)30-12-7-13-31-21-9-11-25-23(15-21)19(2)17-27(5,6)29-25/h8-11,14-17,28-29H,7,12-13H2,1-6H3. The lowest BCUT2D eigenvalue weighted by molar-refractivity contribution is 0.247. The second kappa shape index (κ2) is 7.99. The van der Waals surface area contributed by atoms with Crippen LogP contribution in [-0.4, -0.2) is 24.3 Å². The molecule has 2 aromatic carbocycles. The molecule has 2 aliphatic rings. The van der Waals surface area contributed by atoms with Crippen molar-refractivity contribution in [2.45, 2.75) is 59.0 Å². The molecule has 2 aliphatic heterocycles. The minimum atomic E-state index is -0.0198. The summed E-state index contributed by atoms with van der Waals surface area (Å²) in [5, 5.41) is 7.11. The summed E-state index contributed by atoms with van der Waals surface area (Å²) < 4.78 is 12.0. The summed E-state index contributed by atoms with van der Waals surface area (Å²) in [5.41, 5.74) is 7.27. The SMILES string of the molecule is CC1=CC(C)(C)Nc2ccc(OCCCOc3ccc4c(c3)C(C)=CC(C)(C)N4)cc21. The van der Waals surface area contributed by atoms with Gasteiger partial charge >= 0.3 is 0 Å². The first-order chi connectivity index (χ1) is 14.6. The Hall–Kier alpha value is -2.88. The molecule has 2 aromatic rings. The lowest BCUT2D eigenvalue weighted by Gasteiger charge is -2.31. The summed E-state index contributed by atoms with van der Waals surface area (Å²) in [6.45, 7) is 14.3. The first-order valence-electron chi connectivity index (χ1n) is 11.1. The molecular weight excluding hydrogens is 384 g/mol. The average Bonchev–Trinajstić information content (AvgIpc) is 2.67. The Morgan fingerprint density at radius 2 is 1.10 bits per heavy atom. The predicted molar refractivity (Wildman–Crippen MR) is 131 cm³/mol. The average molecular weight is 419 g/mol. The minimum Gasteiger partial charge on any atom is -0.493 e. The van der Waals surface area contributed by atoms with E-state index >= 15 is 0 Å². The Kier molecular flexibility index (Phi) is 5.50. The highest BCUT2D eigenvalue weighted by atomic mass is 16.5. The predicted octanol–water partition coefficient (Wildman–Crippen LogP) is 6.75. The van der Waals surface area contributed by atoms with E-state index in [1.807, 2.05) is 12.1 Å². The number of allylic oxidation sites excluding steroid dienone is 2. The molecule has 0 fully saturated rings. The van der Waals surface area contributed by atoms with Gasteiger partial charge in [-0.3, -0.25) is 0 Å². The van der Waals surface area contributed by atoms with E-state index < -0.39 is 0 Å². The lowest BCUT2D eigenvalue weighted by Crippen LogP contribution is -2.31.